The summed E-state index contributed by atoms with van der Waals surface area (Å²) in [6.07, 6.45) is -1.34. The molecule has 0 spiro atoms. The minimum absolute atomic E-state index is 0.0110. The third kappa shape index (κ3) is 1.80. The molecule has 1 N–H and O–H groups in total. The van der Waals surface area contributed by atoms with Gasteiger partial charge in [0.05, 0.1) is 11.3 Å². The van der Waals surface area contributed by atoms with Crippen LogP contribution in [0.5, 0.6) is 0 Å². The van der Waals surface area contributed by atoms with Crippen LogP contribution in [-0.4, -0.2) is 11.0 Å². The van der Waals surface area contributed by atoms with Gasteiger partial charge in [-0.2, -0.15) is 0 Å². The Morgan fingerprint density at radius 3 is 2.75 bits per heavy atom. The van der Waals surface area contributed by atoms with E-state index in [1.165, 1.54) is 18.2 Å². The maximum absolute atomic E-state index is 13.8. The van der Waals surface area contributed by atoms with E-state index in [0.29, 0.717) is 10.7 Å². The lowest BCUT2D eigenvalue weighted by Crippen LogP contribution is -2.28. The number of aliphatic hydroxyl groups is 1. The largest absolute Gasteiger partial charge is 0.369 e. The molecule has 0 saturated heterocycles. The molecule has 2 aromatic rings. The van der Waals surface area contributed by atoms with Crippen molar-refractivity contribution in [2.75, 3.05) is 4.90 Å². The van der Waals surface area contributed by atoms with Crippen LogP contribution in [0.1, 0.15) is 27.7 Å². The molecule has 5 heteroatoms. The average molecular weight is 292 g/mol. The third-order valence-electron chi connectivity index (χ3n) is 3.44. The SMILES string of the molecule is Cc1ccc(Cl)cc1N1C(=O)c2cccc(F)c2C1O. The van der Waals surface area contributed by atoms with Gasteiger partial charge in [0, 0.05) is 10.6 Å². The Morgan fingerprint density at radius 2 is 2.05 bits per heavy atom. The van der Waals surface area contributed by atoms with Gasteiger partial charge in [-0.3, -0.25) is 9.69 Å². The molecule has 2 aromatic carbocycles. The summed E-state index contributed by atoms with van der Waals surface area (Å²) < 4.78 is 13.8. The first-order valence-corrected chi connectivity index (χ1v) is 6.44. The monoisotopic (exact) mass is 291 g/mol. The zero-order chi connectivity index (χ0) is 14.4. The second-order valence-corrected chi connectivity index (χ2v) is 5.12. The maximum atomic E-state index is 13.8. The van der Waals surface area contributed by atoms with Gasteiger partial charge in [-0.1, -0.05) is 23.7 Å². The van der Waals surface area contributed by atoms with Crippen molar-refractivity contribution in [1.29, 1.82) is 0 Å². The van der Waals surface area contributed by atoms with E-state index in [1.54, 1.807) is 25.1 Å². The summed E-state index contributed by atoms with van der Waals surface area (Å²) in [5.41, 5.74) is 1.44. The second kappa shape index (κ2) is 4.58. The predicted octanol–water partition coefficient (Wildman–Crippen LogP) is 3.44. The van der Waals surface area contributed by atoms with Gasteiger partial charge in [0.1, 0.15) is 5.82 Å². The molecule has 3 nitrogen and oxygen atoms in total. The average Bonchev–Trinajstić information content (AvgIpc) is 2.66. The first-order valence-electron chi connectivity index (χ1n) is 6.07. The number of aryl methyl sites for hydroxylation is 1. The van der Waals surface area contributed by atoms with Crippen LogP contribution in [0.4, 0.5) is 10.1 Å². The van der Waals surface area contributed by atoms with Crippen molar-refractivity contribution in [2.45, 2.75) is 13.2 Å². The van der Waals surface area contributed by atoms with Crippen molar-refractivity contribution in [3.63, 3.8) is 0 Å². The number of nitrogens with zero attached hydrogens (tertiary/aromatic N) is 1. The molecule has 0 radical (unpaired) electrons. The van der Waals surface area contributed by atoms with Crippen molar-refractivity contribution in [3.05, 3.63) is 63.9 Å². The summed E-state index contributed by atoms with van der Waals surface area (Å²) in [5.74, 6) is -1.03. The van der Waals surface area contributed by atoms with Gasteiger partial charge in [-0.05, 0) is 36.8 Å². The van der Waals surface area contributed by atoms with Crippen LogP contribution >= 0.6 is 11.6 Å². The number of halogens is 2. The van der Waals surface area contributed by atoms with Crippen LogP contribution in [0.15, 0.2) is 36.4 Å². The van der Waals surface area contributed by atoms with E-state index >= 15 is 0 Å². The van der Waals surface area contributed by atoms with Gasteiger partial charge in [0.15, 0.2) is 6.23 Å². The molecule has 1 amide bonds. The number of benzene rings is 2. The quantitative estimate of drug-likeness (QED) is 0.874. The molecular weight excluding hydrogens is 281 g/mol. The van der Waals surface area contributed by atoms with E-state index < -0.39 is 18.0 Å². The Bertz CT molecular complexity index is 717. The Labute approximate surface area is 120 Å². The van der Waals surface area contributed by atoms with E-state index in [2.05, 4.69) is 0 Å². The zero-order valence-corrected chi connectivity index (χ0v) is 11.4. The van der Waals surface area contributed by atoms with E-state index in [9.17, 15) is 14.3 Å². The lowest BCUT2D eigenvalue weighted by molar-refractivity contribution is 0.0934. The fraction of sp³-hybridized carbons (Fsp3) is 0.133. The fourth-order valence-electron chi connectivity index (χ4n) is 2.44. The van der Waals surface area contributed by atoms with Crippen molar-refractivity contribution in [3.8, 4) is 0 Å². The summed E-state index contributed by atoms with van der Waals surface area (Å²) >= 11 is 5.94. The fourth-order valence-corrected chi connectivity index (χ4v) is 2.61. The van der Waals surface area contributed by atoms with Crippen LogP contribution in [0.2, 0.25) is 5.02 Å². The first kappa shape index (κ1) is 13.1. The number of amides is 1. The van der Waals surface area contributed by atoms with Gasteiger partial charge >= 0.3 is 0 Å². The van der Waals surface area contributed by atoms with Gasteiger partial charge < -0.3 is 5.11 Å². The molecule has 1 heterocycles. The number of fused-ring (bicyclic) bond motifs is 1. The number of aliphatic hydroxyl groups excluding tert-OH is 1. The molecule has 0 aromatic heterocycles. The Balaban J connectivity index is 2.17. The minimum atomic E-state index is -1.34. The standard InChI is InChI=1S/C15H11ClFNO2/c1-8-5-6-9(16)7-12(8)18-14(19)10-3-2-4-11(17)13(10)15(18)20/h2-7,15,20H,1H3. The molecule has 1 aliphatic rings. The van der Waals surface area contributed by atoms with Gasteiger partial charge in [0.25, 0.3) is 5.91 Å². The normalized spacial score (nSPS) is 17.5. The topological polar surface area (TPSA) is 40.5 Å². The van der Waals surface area contributed by atoms with Crippen LogP contribution < -0.4 is 4.90 Å². The Kier molecular flexibility index (Phi) is 3.00. The van der Waals surface area contributed by atoms with Crippen molar-refractivity contribution < 1.29 is 14.3 Å². The number of rotatable bonds is 1. The lowest BCUT2D eigenvalue weighted by atomic mass is 10.1. The summed E-state index contributed by atoms with van der Waals surface area (Å²) in [5, 5.41) is 10.7. The van der Waals surface area contributed by atoms with Crippen LogP contribution in [0, 0.1) is 12.7 Å². The first-order chi connectivity index (χ1) is 9.50. The molecule has 0 aliphatic carbocycles. The molecule has 1 aliphatic heterocycles. The molecule has 1 atom stereocenters. The molecule has 0 saturated carbocycles. The van der Waals surface area contributed by atoms with Gasteiger partial charge in [-0.15, -0.1) is 0 Å². The lowest BCUT2D eigenvalue weighted by Gasteiger charge is -2.23. The van der Waals surface area contributed by atoms with Crippen molar-refractivity contribution in [1.82, 2.24) is 0 Å². The highest BCUT2D eigenvalue weighted by molar-refractivity contribution is 6.31. The van der Waals surface area contributed by atoms with E-state index in [-0.39, 0.29) is 11.1 Å². The third-order valence-corrected chi connectivity index (χ3v) is 3.67. The van der Waals surface area contributed by atoms with E-state index in [4.69, 9.17) is 11.6 Å². The molecule has 0 fully saturated rings. The summed E-state index contributed by atoms with van der Waals surface area (Å²) in [6.45, 7) is 1.80. The Morgan fingerprint density at radius 1 is 1.30 bits per heavy atom. The highest BCUT2D eigenvalue weighted by atomic mass is 35.5. The molecule has 1 unspecified atom stereocenters. The number of carbonyl (C=O) groups excluding carboxylic acids is 1. The molecule has 3 rings (SSSR count). The van der Waals surface area contributed by atoms with Gasteiger partial charge in [0.2, 0.25) is 0 Å². The summed E-state index contributed by atoms with van der Waals surface area (Å²) in [7, 11) is 0. The molecular formula is C15H11ClFNO2. The summed E-state index contributed by atoms with van der Waals surface area (Å²) in [4.78, 5) is 13.5. The molecule has 102 valence electrons. The number of anilines is 1. The summed E-state index contributed by atoms with van der Waals surface area (Å²) in [6, 6.07) is 9.21. The van der Waals surface area contributed by atoms with E-state index in [0.717, 1.165) is 10.5 Å². The van der Waals surface area contributed by atoms with Crippen LogP contribution in [0.3, 0.4) is 0 Å². The maximum Gasteiger partial charge on any atom is 0.261 e. The van der Waals surface area contributed by atoms with Crippen LogP contribution in [-0.2, 0) is 0 Å². The van der Waals surface area contributed by atoms with Gasteiger partial charge in [-0.25, -0.2) is 4.39 Å². The van der Waals surface area contributed by atoms with Crippen LogP contribution in [0.25, 0.3) is 0 Å². The molecule has 20 heavy (non-hydrogen) atoms. The smallest absolute Gasteiger partial charge is 0.261 e. The minimum Gasteiger partial charge on any atom is -0.369 e. The molecule has 0 bridgehead atoms. The second-order valence-electron chi connectivity index (χ2n) is 4.68. The Hall–Kier alpha value is -1.91. The number of carbonyl (C=O) groups is 1. The zero-order valence-electron chi connectivity index (χ0n) is 10.6. The van der Waals surface area contributed by atoms with Crippen molar-refractivity contribution in [2.24, 2.45) is 0 Å². The van der Waals surface area contributed by atoms with Crippen molar-refractivity contribution >= 4 is 23.2 Å². The number of hydrogen-bond acceptors (Lipinski definition) is 2. The highest BCUT2D eigenvalue weighted by Gasteiger charge is 2.39. The predicted molar refractivity (Wildman–Crippen MR) is 74.4 cm³/mol. The van der Waals surface area contributed by atoms with E-state index in [1.807, 2.05) is 0 Å². The highest BCUT2D eigenvalue weighted by Crippen LogP contribution is 2.39. The number of hydrogen-bond donors (Lipinski definition) is 1.